The van der Waals surface area contributed by atoms with Crippen LogP contribution in [0.3, 0.4) is 0 Å². The van der Waals surface area contributed by atoms with Gasteiger partial charge in [-0.1, -0.05) is 0 Å². The molecule has 0 fully saturated rings. The molecule has 1 unspecified atom stereocenters. The Kier molecular flexibility index (Phi) is 1.93. The van der Waals surface area contributed by atoms with Crippen molar-refractivity contribution in [2.45, 2.75) is 6.29 Å². The predicted molar refractivity (Wildman–Crippen MR) is 37.0 cm³/mol. The van der Waals surface area contributed by atoms with E-state index < -0.39 is 12.3 Å². The molecule has 0 amide bonds. The lowest BCUT2D eigenvalue weighted by Gasteiger charge is -1.97. The predicted octanol–water partition coefficient (Wildman–Crippen LogP) is 0.863. The van der Waals surface area contributed by atoms with Gasteiger partial charge in [0.2, 0.25) is 6.29 Å². The molecule has 3 nitrogen and oxygen atoms in total. The van der Waals surface area contributed by atoms with E-state index in [-0.39, 0.29) is 4.48 Å². The number of carbonyl (C=O) groups is 1. The number of cyclic esters (lactones) is 1. The average Bonchev–Trinajstić information content (AvgIpc) is 1.98. The van der Waals surface area contributed by atoms with Crippen LogP contribution in [0.2, 0.25) is 0 Å². The highest BCUT2D eigenvalue weighted by atomic mass is 79.9. The van der Waals surface area contributed by atoms with Gasteiger partial charge in [-0.05, 0) is 31.9 Å². The molecular formula is C4H2Br2O3. The van der Waals surface area contributed by atoms with Gasteiger partial charge in [-0.3, -0.25) is 0 Å². The third-order valence-corrected chi connectivity index (χ3v) is 2.90. The quantitative estimate of drug-likeness (QED) is 0.655. The molecule has 0 aliphatic carbocycles. The Labute approximate surface area is 67.9 Å². The molecule has 1 N–H and O–H groups in total. The largest absolute Gasteiger partial charge is 0.427 e. The number of esters is 1. The van der Waals surface area contributed by atoms with E-state index in [1.165, 1.54) is 0 Å². The zero-order valence-corrected chi connectivity index (χ0v) is 7.27. The van der Waals surface area contributed by atoms with Crippen molar-refractivity contribution in [2.75, 3.05) is 0 Å². The van der Waals surface area contributed by atoms with E-state index in [1.807, 2.05) is 0 Å². The highest BCUT2D eigenvalue weighted by molar-refractivity contribution is 9.14. The van der Waals surface area contributed by atoms with Crippen LogP contribution < -0.4 is 0 Å². The first-order valence-corrected chi connectivity index (χ1v) is 3.65. The highest BCUT2D eigenvalue weighted by Gasteiger charge is 2.28. The van der Waals surface area contributed by atoms with Crippen LogP contribution in [0.25, 0.3) is 0 Å². The smallest absolute Gasteiger partial charge is 0.348 e. The van der Waals surface area contributed by atoms with Crippen LogP contribution in [0, 0.1) is 0 Å². The van der Waals surface area contributed by atoms with E-state index in [0.29, 0.717) is 4.48 Å². The Morgan fingerprint density at radius 1 is 1.56 bits per heavy atom. The van der Waals surface area contributed by atoms with Crippen LogP contribution in [-0.4, -0.2) is 17.4 Å². The maximum absolute atomic E-state index is 10.5. The van der Waals surface area contributed by atoms with Crippen molar-refractivity contribution in [3.63, 3.8) is 0 Å². The third-order valence-electron chi connectivity index (χ3n) is 0.824. The molecule has 1 aliphatic heterocycles. The second kappa shape index (κ2) is 2.40. The van der Waals surface area contributed by atoms with Crippen molar-refractivity contribution in [1.82, 2.24) is 0 Å². The van der Waals surface area contributed by atoms with Crippen molar-refractivity contribution < 1.29 is 14.6 Å². The molecule has 1 aliphatic rings. The number of rotatable bonds is 0. The van der Waals surface area contributed by atoms with Gasteiger partial charge < -0.3 is 9.84 Å². The van der Waals surface area contributed by atoms with Gasteiger partial charge in [0.05, 0.1) is 4.48 Å². The first-order valence-electron chi connectivity index (χ1n) is 2.07. The Bertz CT molecular complexity index is 186. The Hall–Kier alpha value is 0.130. The van der Waals surface area contributed by atoms with Crippen LogP contribution in [-0.2, 0) is 9.53 Å². The molecule has 50 valence electrons. The molecule has 0 aromatic heterocycles. The molecule has 5 heteroatoms. The topological polar surface area (TPSA) is 46.5 Å². The maximum atomic E-state index is 10.5. The van der Waals surface area contributed by atoms with Crippen molar-refractivity contribution in [3.05, 3.63) is 8.96 Å². The average molecular weight is 258 g/mol. The lowest BCUT2D eigenvalue weighted by Crippen LogP contribution is -2.06. The minimum absolute atomic E-state index is 0.245. The molecule has 0 aromatic carbocycles. The normalized spacial score (nSPS) is 27.0. The van der Waals surface area contributed by atoms with E-state index in [4.69, 9.17) is 5.11 Å². The summed E-state index contributed by atoms with van der Waals surface area (Å²) in [4.78, 5) is 10.5. The first kappa shape index (κ1) is 7.24. The van der Waals surface area contributed by atoms with Gasteiger partial charge >= 0.3 is 5.97 Å². The molecule has 1 heterocycles. The number of hydrogen-bond acceptors (Lipinski definition) is 3. The molecule has 0 saturated carbocycles. The summed E-state index contributed by atoms with van der Waals surface area (Å²) >= 11 is 5.85. The van der Waals surface area contributed by atoms with E-state index in [2.05, 4.69) is 36.6 Å². The van der Waals surface area contributed by atoms with Crippen LogP contribution in [0.1, 0.15) is 0 Å². The van der Waals surface area contributed by atoms with Crippen molar-refractivity contribution in [1.29, 1.82) is 0 Å². The summed E-state index contributed by atoms with van der Waals surface area (Å²) < 4.78 is 4.92. The van der Waals surface area contributed by atoms with E-state index in [1.54, 1.807) is 0 Å². The van der Waals surface area contributed by atoms with Gasteiger partial charge in [0.25, 0.3) is 0 Å². The summed E-state index contributed by atoms with van der Waals surface area (Å²) in [5, 5.41) is 8.76. The van der Waals surface area contributed by atoms with Crippen LogP contribution in [0.15, 0.2) is 8.96 Å². The highest BCUT2D eigenvalue weighted by Crippen LogP contribution is 2.29. The Morgan fingerprint density at radius 2 is 2.11 bits per heavy atom. The molecule has 0 aromatic rings. The van der Waals surface area contributed by atoms with Crippen LogP contribution in [0.4, 0.5) is 0 Å². The fourth-order valence-corrected chi connectivity index (χ4v) is 0.955. The number of aliphatic hydroxyl groups excluding tert-OH is 1. The van der Waals surface area contributed by atoms with Gasteiger partial charge in [-0.15, -0.1) is 0 Å². The van der Waals surface area contributed by atoms with Gasteiger partial charge in [0.1, 0.15) is 4.48 Å². The third kappa shape index (κ3) is 1.17. The minimum Gasteiger partial charge on any atom is -0.427 e. The summed E-state index contributed by atoms with van der Waals surface area (Å²) in [6, 6.07) is 0. The fraction of sp³-hybridized carbons (Fsp3) is 0.250. The Morgan fingerprint density at radius 3 is 2.22 bits per heavy atom. The summed E-state index contributed by atoms with van der Waals surface area (Å²) in [6.45, 7) is 0. The zero-order valence-electron chi connectivity index (χ0n) is 4.10. The number of carbonyl (C=O) groups excluding carboxylic acids is 1. The standard InChI is InChI=1S/C4H2Br2O3/c5-1-2(6)4(8)9-3(1)7/h3,7H. The number of halogens is 2. The zero-order chi connectivity index (χ0) is 7.02. The maximum Gasteiger partial charge on any atom is 0.348 e. The number of hydrogen-bond donors (Lipinski definition) is 1. The summed E-state index contributed by atoms with van der Waals surface area (Å²) in [6.07, 6.45) is -1.13. The summed E-state index contributed by atoms with van der Waals surface area (Å²) in [5.41, 5.74) is 0. The molecule has 0 radical (unpaired) electrons. The van der Waals surface area contributed by atoms with Crippen molar-refractivity contribution in [2.24, 2.45) is 0 Å². The van der Waals surface area contributed by atoms with E-state index in [9.17, 15) is 4.79 Å². The van der Waals surface area contributed by atoms with Gasteiger partial charge in [-0.2, -0.15) is 0 Å². The van der Waals surface area contributed by atoms with Crippen LogP contribution in [0.5, 0.6) is 0 Å². The minimum atomic E-state index is -1.13. The molecule has 9 heavy (non-hydrogen) atoms. The number of aliphatic hydroxyl groups is 1. The van der Waals surface area contributed by atoms with Crippen molar-refractivity contribution >= 4 is 37.8 Å². The summed E-state index contributed by atoms with van der Waals surface area (Å²) in [7, 11) is 0. The lowest BCUT2D eigenvalue weighted by molar-refractivity contribution is -0.150. The second-order valence-electron chi connectivity index (χ2n) is 1.42. The monoisotopic (exact) mass is 256 g/mol. The second-order valence-corrected chi connectivity index (χ2v) is 3.07. The SMILES string of the molecule is O=C1OC(O)C(Br)=C1Br. The molecule has 0 bridgehead atoms. The van der Waals surface area contributed by atoms with Gasteiger partial charge in [-0.25, -0.2) is 4.79 Å². The van der Waals surface area contributed by atoms with E-state index >= 15 is 0 Å². The summed E-state index contributed by atoms with van der Waals surface area (Å²) in [5.74, 6) is -0.547. The van der Waals surface area contributed by atoms with Crippen molar-refractivity contribution in [3.8, 4) is 0 Å². The van der Waals surface area contributed by atoms with E-state index in [0.717, 1.165) is 0 Å². The molecule has 1 atom stereocenters. The molecule has 1 rings (SSSR count). The number of ether oxygens (including phenoxy) is 1. The lowest BCUT2D eigenvalue weighted by atomic mass is 10.5. The molecule has 0 spiro atoms. The first-order chi connectivity index (χ1) is 4.13. The Balaban J connectivity index is 2.92. The van der Waals surface area contributed by atoms with Gasteiger partial charge in [0.15, 0.2) is 0 Å². The van der Waals surface area contributed by atoms with Gasteiger partial charge in [0, 0.05) is 0 Å². The molecule has 0 saturated heterocycles. The molecular weight excluding hydrogens is 256 g/mol. The van der Waals surface area contributed by atoms with Crippen LogP contribution >= 0.6 is 31.9 Å². The fourth-order valence-electron chi connectivity index (χ4n) is 0.411.